The van der Waals surface area contributed by atoms with Gasteiger partial charge in [-0.15, -0.1) is 0 Å². The number of hydrogen-bond donors (Lipinski definition) is 0. The maximum atomic E-state index is 6.78. The topological polar surface area (TPSA) is 57.1 Å². The lowest BCUT2D eigenvalue weighted by Crippen LogP contribution is -2.41. The highest BCUT2D eigenvalue weighted by molar-refractivity contribution is 6.62. The van der Waals surface area contributed by atoms with Crippen LogP contribution in [0.1, 0.15) is 68.6 Å². The van der Waals surface area contributed by atoms with Crippen LogP contribution in [0.4, 0.5) is 0 Å². The second kappa shape index (κ2) is 12.4. The lowest BCUT2D eigenvalue weighted by atomic mass is 9.66. The smallest absolute Gasteiger partial charge is 0.399 e. The highest BCUT2D eigenvalue weighted by atomic mass is 16.7. The standard InChI is InChI=1S/C46H40BN3O2/c1-44(2)45(3,4)52-47(51-44)35-29-37(43-49-41(31-19-9-5-10-20-31)48-42(50-43)32-21-11-6-12-22-32)40-36-27-17-18-28-38(36)46(39(40)30-35,33-23-13-7-14-24-33)34-25-15-8-16-26-34/h5-11,13-21,23-30H,12,22H2,1-4H3. The molecule has 0 atom stereocenters. The predicted octanol–water partition coefficient (Wildman–Crippen LogP) is 9.60. The Morgan fingerprint density at radius 3 is 1.79 bits per heavy atom. The van der Waals surface area contributed by atoms with Crippen molar-refractivity contribution in [3.8, 4) is 33.9 Å². The second-order valence-electron chi connectivity index (χ2n) is 14.9. The van der Waals surface area contributed by atoms with E-state index < -0.39 is 23.7 Å². The van der Waals surface area contributed by atoms with Crippen LogP contribution >= 0.6 is 0 Å². The normalized spacial score (nSPS) is 17.8. The molecule has 2 aliphatic carbocycles. The molecule has 0 amide bonds. The SMILES string of the molecule is CC1(C)OB(c2cc(-c3nc(C4=CC=CCC4)nc(-c4ccccc4)n3)c3c(c2)C(c2ccccc2)(c2ccccc2)c2ccccc2-3)OC1(C)C. The summed E-state index contributed by atoms with van der Waals surface area (Å²) >= 11 is 0. The minimum Gasteiger partial charge on any atom is -0.399 e. The summed E-state index contributed by atoms with van der Waals surface area (Å²) in [5.41, 5.74) is 9.24. The van der Waals surface area contributed by atoms with Crippen molar-refractivity contribution in [2.75, 3.05) is 0 Å². The van der Waals surface area contributed by atoms with Crippen LogP contribution in [0.5, 0.6) is 0 Å². The molecule has 0 N–H and O–H groups in total. The summed E-state index contributed by atoms with van der Waals surface area (Å²) in [5.74, 6) is 1.97. The van der Waals surface area contributed by atoms with Gasteiger partial charge in [-0.3, -0.25) is 0 Å². The molecule has 1 aliphatic heterocycles. The molecule has 1 fully saturated rings. The monoisotopic (exact) mass is 677 g/mol. The first kappa shape index (κ1) is 32.5. The van der Waals surface area contributed by atoms with Gasteiger partial charge in [0.2, 0.25) is 0 Å². The van der Waals surface area contributed by atoms with Crippen LogP contribution in [0.25, 0.3) is 39.5 Å². The van der Waals surface area contributed by atoms with Crippen molar-refractivity contribution in [3.63, 3.8) is 0 Å². The molecule has 6 heteroatoms. The summed E-state index contributed by atoms with van der Waals surface area (Å²) in [4.78, 5) is 15.7. The molecule has 0 bridgehead atoms. The molecule has 5 aromatic carbocycles. The van der Waals surface area contributed by atoms with Crippen molar-refractivity contribution in [1.82, 2.24) is 15.0 Å². The third-order valence-corrected chi connectivity index (χ3v) is 11.3. The Morgan fingerprint density at radius 1 is 0.577 bits per heavy atom. The van der Waals surface area contributed by atoms with Gasteiger partial charge in [0.05, 0.1) is 16.6 Å². The lowest BCUT2D eigenvalue weighted by molar-refractivity contribution is 0.00578. The minimum atomic E-state index is -0.627. The molecule has 1 saturated heterocycles. The van der Waals surface area contributed by atoms with E-state index in [9.17, 15) is 0 Å². The number of fused-ring (bicyclic) bond motifs is 3. The number of rotatable bonds is 6. The highest BCUT2D eigenvalue weighted by Crippen LogP contribution is 2.58. The third kappa shape index (κ3) is 5.12. The third-order valence-electron chi connectivity index (χ3n) is 11.3. The molecule has 6 aromatic rings. The van der Waals surface area contributed by atoms with Gasteiger partial charge in [0.15, 0.2) is 17.5 Å². The van der Waals surface area contributed by atoms with Crippen molar-refractivity contribution < 1.29 is 9.31 Å². The molecular formula is C46H40BN3O2. The fourth-order valence-corrected chi connectivity index (χ4v) is 8.03. The quantitative estimate of drug-likeness (QED) is 0.164. The van der Waals surface area contributed by atoms with Crippen molar-refractivity contribution in [1.29, 1.82) is 0 Å². The van der Waals surface area contributed by atoms with E-state index in [-0.39, 0.29) is 0 Å². The van der Waals surface area contributed by atoms with Gasteiger partial charge in [-0.25, -0.2) is 15.0 Å². The molecule has 0 radical (unpaired) electrons. The summed E-state index contributed by atoms with van der Waals surface area (Å²) in [7, 11) is -0.594. The fraction of sp³-hybridized carbons (Fsp3) is 0.196. The Labute approximate surface area is 306 Å². The van der Waals surface area contributed by atoms with Crippen LogP contribution < -0.4 is 5.46 Å². The molecule has 0 spiro atoms. The molecule has 9 rings (SSSR count). The van der Waals surface area contributed by atoms with Crippen molar-refractivity contribution in [3.05, 3.63) is 174 Å². The van der Waals surface area contributed by atoms with Gasteiger partial charge in [-0.1, -0.05) is 146 Å². The van der Waals surface area contributed by atoms with Gasteiger partial charge >= 0.3 is 7.12 Å². The first-order valence-electron chi connectivity index (χ1n) is 18.2. The maximum absolute atomic E-state index is 6.78. The van der Waals surface area contributed by atoms with Crippen LogP contribution in [0.3, 0.4) is 0 Å². The van der Waals surface area contributed by atoms with Gasteiger partial charge in [0.25, 0.3) is 0 Å². The summed E-state index contributed by atoms with van der Waals surface area (Å²) in [6, 6.07) is 45.2. The van der Waals surface area contributed by atoms with E-state index >= 15 is 0 Å². The Morgan fingerprint density at radius 2 is 1.15 bits per heavy atom. The molecule has 1 aromatic heterocycles. The summed E-state index contributed by atoms with van der Waals surface area (Å²) in [5, 5.41) is 0. The van der Waals surface area contributed by atoms with Crippen LogP contribution in [-0.4, -0.2) is 33.3 Å². The molecule has 5 nitrogen and oxygen atoms in total. The molecule has 52 heavy (non-hydrogen) atoms. The van der Waals surface area contributed by atoms with E-state index in [1.54, 1.807) is 0 Å². The lowest BCUT2D eigenvalue weighted by Gasteiger charge is -2.34. The maximum Gasteiger partial charge on any atom is 0.494 e. The molecular weight excluding hydrogens is 637 g/mol. The average molecular weight is 678 g/mol. The molecule has 0 saturated carbocycles. The molecule has 254 valence electrons. The predicted molar refractivity (Wildman–Crippen MR) is 210 cm³/mol. The summed E-state index contributed by atoms with van der Waals surface area (Å²) in [6.45, 7) is 8.41. The average Bonchev–Trinajstić information content (AvgIpc) is 3.61. The van der Waals surface area contributed by atoms with Crippen molar-refractivity contribution in [2.24, 2.45) is 0 Å². The second-order valence-corrected chi connectivity index (χ2v) is 14.9. The van der Waals surface area contributed by atoms with E-state index in [1.165, 1.54) is 16.7 Å². The number of benzene rings is 5. The fourth-order valence-electron chi connectivity index (χ4n) is 8.03. The highest BCUT2D eigenvalue weighted by Gasteiger charge is 2.53. The first-order chi connectivity index (χ1) is 25.3. The number of hydrogen-bond acceptors (Lipinski definition) is 5. The van der Waals surface area contributed by atoms with Crippen LogP contribution in [-0.2, 0) is 14.7 Å². The zero-order chi connectivity index (χ0) is 35.5. The summed E-state index contributed by atoms with van der Waals surface area (Å²) in [6.07, 6.45) is 8.24. The van der Waals surface area contributed by atoms with Crippen molar-refractivity contribution >= 4 is 18.2 Å². The van der Waals surface area contributed by atoms with E-state index in [4.69, 9.17) is 24.3 Å². The van der Waals surface area contributed by atoms with Crippen molar-refractivity contribution in [2.45, 2.75) is 57.2 Å². The molecule has 3 aliphatic rings. The Bertz CT molecular complexity index is 2310. The zero-order valence-corrected chi connectivity index (χ0v) is 30.0. The van der Waals surface area contributed by atoms with E-state index in [0.717, 1.165) is 51.7 Å². The minimum absolute atomic E-state index is 0.516. The molecule has 0 unspecified atom stereocenters. The number of allylic oxidation sites excluding steroid dienone is 4. The van der Waals surface area contributed by atoms with Gasteiger partial charge in [-0.2, -0.15) is 0 Å². The Kier molecular flexibility index (Phi) is 7.72. The van der Waals surface area contributed by atoms with Crippen LogP contribution in [0.15, 0.2) is 146 Å². The molecule has 2 heterocycles. The summed E-state index contributed by atoms with van der Waals surface area (Å²) < 4.78 is 13.6. The Hall–Kier alpha value is -5.43. The van der Waals surface area contributed by atoms with Crippen LogP contribution in [0.2, 0.25) is 0 Å². The van der Waals surface area contributed by atoms with E-state index in [1.807, 2.05) is 18.2 Å². The van der Waals surface area contributed by atoms with Gasteiger partial charge in [0.1, 0.15) is 0 Å². The Balaban J connectivity index is 1.40. The first-order valence-corrected chi connectivity index (χ1v) is 18.2. The number of aromatic nitrogens is 3. The number of nitrogens with zero attached hydrogens (tertiary/aromatic N) is 3. The zero-order valence-electron chi connectivity index (χ0n) is 30.0. The largest absolute Gasteiger partial charge is 0.494 e. The van der Waals surface area contributed by atoms with Gasteiger partial charge in [-0.05, 0) is 85.0 Å². The van der Waals surface area contributed by atoms with Gasteiger partial charge < -0.3 is 9.31 Å². The van der Waals surface area contributed by atoms with Gasteiger partial charge in [0, 0.05) is 11.1 Å². The van der Waals surface area contributed by atoms with E-state index in [2.05, 4.69) is 155 Å². The van der Waals surface area contributed by atoms with Crippen LogP contribution in [0, 0.1) is 0 Å². The van der Waals surface area contributed by atoms with E-state index in [0.29, 0.717) is 17.5 Å².